The molecule has 0 aromatic carbocycles. The van der Waals surface area contributed by atoms with Crippen LogP contribution in [0.15, 0.2) is 12.4 Å². The number of hydrogen-bond donors (Lipinski definition) is 3. The van der Waals surface area contributed by atoms with Crippen LogP contribution in [0.3, 0.4) is 0 Å². The van der Waals surface area contributed by atoms with Gasteiger partial charge >= 0.3 is 5.97 Å². The van der Waals surface area contributed by atoms with Gasteiger partial charge in [-0.2, -0.15) is 0 Å². The van der Waals surface area contributed by atoms with Crippen LogP contribution in [0.1, 0.15) is 6.92 Å². The summed E-state index contributed by atoms with van der Waals surface area (Å²) in [6.07, 6.45) is 1.33. The van der Waals surface area contributed by atoms with Crippen molar-refractivity contribution in [3.05, 3.63) is 12.4 Å². The van der Waals surface area contributed by atoms with Gasteiger partial charge in [-0.1, -0.05) is 0 Å². The Morgan fingerprint density at radius 1 is 1.53 bits per heavy atom. The Morgan fingerprint density at radius 2 is 2.20 bits per heavy atom. The molecule has 82 valence electrons. The van der Waals surface area contributed by atoms with E-state index in [1.54, 1.807) is 13.0 Å². The lowest BCUT2D eigenvalue weighted by Crippen LogP contribution is -2.27. The van der Waals surface area contributed by atoms with Gasteiger partial charge in [-0.05, 0) is 6.92 Å². The first-order valence-electron chi connectivity index (χ1n) is 4.30. The first kappa shape index (κ1) is 11.2. The molecule has 0 fully saturated rings. The summed E-state index contributed by atoms with van der Waals surface area (Å²) in [5.74, 6) is 5.77. The van der Waals surface area contributed by atoms with Crippen LogP contribution in [0.2, 0.25) is 0 Å². The summed E-state index contributed by atoms with van der Waals surface area (Å²) in [5, 5.41) is 2.85. The zero-order valence-electron chi connectivity index (χ0n) is 8.52. The molecule has 1 unspecified atom stereocenters. The highest BCUT2D eigenvalue weighted by atomic mass is 16.5. The molecular formula is C8H13N5O2. The summed E-state index contributed by atoms with van der Waals surface area (Å²) in [7, 11) is 1.33. The molecule has 4 N–H and O–H groups in total. The van der Waals surface area contributed by atoms with Crippen molar-refractivity contribution in [2.24, 2.45) is 5.84 Å². The number of ether oxygens (including phenoxy) is 1. The van der Waals surface area contributed by atoms with Crippen LogP contribution in [0, 0.1) is 0 Å². The lowest BCUT2D eigenvalue weighted by Gasteiger charge is -2.12. The minimum absolute atomic E-state index is 0.365. The molecule has 0 aliphatic heterocycles. The minimum atomic E-state index is -0.476. The molecule has 0 spiro atoms. The molecule has 0 saturated carbocycles. The highest BCUT2D eigenvalue weighted by molar-refractivity contribution is 5.78. The lowest BCUT2D eigenvalue weighted by atomic mass is 10.3. The molecule has 0 aliphatic rings. The van der Waals surface area contributed by atoms with Gasteiger partial charge in [-0.3, -0.25) is 0 Å². The monoisotopic (exact) mass is 211 g/mol. The van der Waals surface area contributed by atoms with E-state index >= 15 is 0 Å². The molecule has 7 nitrogen and oxygen atoms in total. The number of methoxy groups -OCH3 is 1. The molecule has 0 aliphatic carbocycles. The van der Waals surface area contributed by atoms with E-state index in [1.165, 1.54) is 13.4 Å². The normalized spacial score (nSPS) is 11.7. The van der Waals surface area contributed by atoms with Crippen molar-refractivity contribution in [2.75, 3.05) is 17.9 Å². The van der Waals surface area contributed by atoms with Crippen molar-refractivity contribution >= 4 is 17.6 Å². The fourth-order valence-electron chi connectivity index (χ4n) is 0.973. The zero-order valence-corrected chi connectivity index (χ0v) is 8.52. The maximum Gasteiger partial charge on any atom is 0.328 e. The van der Waals surface area contributed by atoms with Crippen molar-refractivity contribution in [1.29, 1.82) is 0 Å². The summed E-state index contributed by atoms with van der Waals surface area (Å²) in [4.78, 5) is 18.8. The van der Waals surface area contributed by atoms with Crippen molar-refractivity contribution in [2.45, 2.75) is 13.0 Å². The van der Waals surface area contributed by atoms with Gasteiger partial charge in [-0.25, -0.2) is 20.6 Å². The summed E-state index contributed by atoms with van der Waals surface area (Å²) >= 11 is 0. The van der Waals surface area contributed by atoms with E-state index in [-0.39, 0.29) is 5.97 Å². The number of carbonyl (C=O) groups excluding carboxylic acids is 1. The predicted octanol–water partition coefficient (Wildman–Crippen LogP) is -0.264. The Morgan fingerprint density at radius 3 is 2.80 bits per heavy atom. The lowest BCUT2D eigenvalue weighted by molar-refractivity contribution is -0.141. The van der Waals surface area contributed by atoms with E-state index in [4.69, 9.17) is 5.84 Å². The van der Waals surface area contributed by atoms with E-state index in [0.717, 1.165) is 0 Å². The molecular weight excluding hydrogens is 198 g/mol. The molecule has 0 bridgehead atoms. The maximum atomic E-state index is 11.1. The number of hydrazine groups is 1. The van der Waals surface area contributed by atoms with Crippen molar-refractivity contribution in [1.82, 2.24) is 9.97 Å². The highest BCUT2D eigenvalue weighted by Crippen LogP contribution is 2.08. The van der Waals surface area contributed by atoms with Gasteiger partial charge in [0.1, 0.15) is 24.0 Å². The van der Waals surface area contributed by atoms with Crippen LogP contribution >= 0.6 is 0 Å². The van der Waals surface area contributed by atoms with Crippen molar-refractivity contribution in [3.63, 3.8) is 0 Å². The number of hydrogen-bond acceptors (Lipinski definition) is 7. The summed E-state index contributed by atoms with van der Waals surface area (Å²) in [6.45, 7) is 1.67. The molecule has 1 heterocycles. The van der Waals surface area contributed by atoms with Gasteiger partial charge in [0.05, 0.1) is 7.11 Å². The van der Waals surface area contributed by atoms with E-state index in [1.807, 2.05) is 0 Å². The molecule has 1 atom stereocenters. The average Bonchev–Trinajstić information content (AvgIpc) is 2.28. The Kier molecular flexibility index (Phi) is 3.81. The zero-order chi connectivity index (χ0) is 11.3. The van der Waals surface area contributed by atoms with Gasteiger partial charge in [-0.15, -0.1) is 0 Å². The summed E-state index contributed by atoms with van der Waals surface area (Å²) in [6, 6.07) is 1.11. The fraction of sp³-hybridized carbons (Fsp3) is 0.375. The Bertz CT molecular complexity index is 344. The van der Waals surface area contributed by atoms with E-state index in [0.29, 0.717) is 11.6 Å². The second kappa shape index (κ2) is 5.11. The predicted molar refractivity (Wildman–Crippen MR) is 54.9 cm³/mol. The minimum Gasteiger partial charge on any atom is -0.467 e. The number of nitrogens with zero attached hydrogens (tertiary/aromatic N) is 2. The Balaban J connectivity index is 2.67. The van der Waals surface area contributed by atoms with E-state index in [9.17, 15) is 4.79 Å². The molecule has 1 aromatic heterocycles. The third-order valence-electron chi connectivity index (χ3n) is 1.73. The first-order chi connectivity index (χ1) is 7.17. The second-order valence-electron chi connectivity index (χ2n) is 2.82. The molecule has 0 amide bonds. The van der Waals surface area contributed by atoms with E-state index in [2.05, 4.69) is 25.4 Å². The van der Waals surface area contributed by atoms with Crippen LogP contribution in [0.4, 0.5) is 11.6 Å². The standard InChI is InChI=1S/C8H13N5O2/c1-5(8(14)15-2)12-6-3-7(13-9)11-4-10-6/h3-5H,9H2,1-2H3,(H2,10,11,12,13). The number of carbonyl (C=O) groups is 1. The Labute approximate surface area is 87.0 Å². The van der Waals surface area contributed by atoms with Crippen LogP contribution < -0.4 is 16.6 Å². The maximum absolute atomic E-state index is 11.1. The van der Waals surface area contributed by atoms with Gasteiger partial charge in [0, 0.05) is 6.07 Å². The van der Waals surface area contributed by atoms with Crippen molar-refractivity contribution in [3.8, 4) is 0 Å². The summed E-state index contributed by atoms with van der Waals surface area (Å²) < 4.78 is 4.56. The number of nitrogens with one attached hydrogen (secondary N) is 2. The van der Waals surface area contributed by atoms with E-state index < -0.39 is 6.04 Å². The number of nitrogen functional groups attached to an aromatic ring is 1. The first-order valence-corrected chi connectivity index (χ1v) is 4.30. The number of aromatic nitrogens is 2. The van der Waals surface area contributed by atoms with Gasteiger partial charge in [0.15, 0.2) is 0 Å². The number of anilines is 2. The van der Waals surface area contributed by atoms with Crippen LogP contribution in [-0.2, 0) is 9.53 Å². The topological polar surface area (TPSA) is 102 Å². The number of nitrogens with two attached hydrogens (primary N) is 1. The SMILES string of the molecule is COC(=O)C(C)Nc1cc(NN)ncn1. The van der Waals surface area contributed by atoms with Crippen LogP contribution in [0.25, 0.3) is 0 Å². The molecule has 1 rings (SSSR count). The molecule has 7 heteroatoms. The van der Waals surface area contributed by atoms with Crippen LogP contribution in [0.5, 0.6) is 0 Å². The quantitative estimate of drug-likeness (QED) is 0.358. The van der Waals surface area contributed by atoms with Gasteiger partial charge in [0.2, 0.25) is 0 Å². The fourth-order valence-corrected chi connectivity index (χ4v) is 0.973. The third-order valence-corrected chi connectivity index (χ3v) is 1.73. The molecule has 0 radical (unpaired) electrons. The largest absolute Gasteiger partial charge is 0.467 e. The van der Waals surface area contributed by atoms with Gasteiger partial charge < -0.3 is 15.5 Å². The number of esters is 1. The number of rotatable bonds is 4. The Hall–Kier alpha value is -1.89. The van der Waals surface area contributed by atoms with Gasteiger partial charge in [0.25, 0.3) is 0 Å². The molecule has 0 saturated heterocycles. The second-order valence-corrected chi connectivity index (χ2v) is 2.82. The van der Waals surface area contributed by atoms with Crippen molar-refractivity contribution < 1.29 is 9.53 Å². The average molecular weight is 211 g/mol. The third kappa shape index (κ3) is 3.06. The smallest absolute Gasteiger partial charge is 0.328 e. The van der Waals surface area contributed by atoms with Crippen LogP contribution in [-0.4, -0.2) is 29.1 Å². The molecule has 1 aromatic rings. The molecule has 15 heavy (non-hydrogen) atoms. The highest BCUT2D eigenvalue weighted by Gasteiger charge is 2.12. The summed E-state index contributed by atoms with van der Waals surface area (Å²) in [5.41, 5.74) is 2.38.